The normalized spacial score (nSPS) is 30.5. The number of hydrogen-bond acceptors (Lipinski definition) is 3. The molecule has 20 heavy (non-hydrogen) atoms. The van der Waals surface area contributed by atoms with Crippen molar-refractivity contribution in [2.45, 2.75) is 63.6 Å². The summed E-state index contributed by atoms with van der Waals surface area (Å²) in [6, 6.07) is 10.3. The Bertz CT molecular complexity index is 439. The molecule has 3 heteroatoms. The van der Waals surface area contributed by atoms with Gasteiger partial charge in [-0.3, -0.25) is 0 Å². The SMILES string of the molecule is CC(OC1(C)COC2(CCCCC2)O1)c1ccccc1. The molecule has 1 heterocycles. The zero-order chi connectivity index (χ0) is 14.1. The second kappa shape index (κ2) is 5.47. The summed E-state index contributed by atoms with van der Waals surface area (Å²) in [4.78, 5) is 0. The maximum absolute atomic E-state index is 6.23. The first-order valence-electron chi connectivity index (χ1n) is 7.68. The Morgan fingerprint density at radius 3 is 2.50 bits per heavy atom. The molecule has 1 saturated carbocycles. The topological polar surface area (TPSA) is 27.7 Å². The third-order valence-corrected chi connectivity index (χ3v) is 4.31. The summed E-state index contributed by atoms with van der Waals surface area (Å²) in [7, 11) is 0. The average molecular weight is 276 g/mol. The molecule has 1 aliphatic heterocycles. The van der Waals surface area contributed by atoms with Crippen LogP contribution < -0.4 is 0 Å². The quantitative estimate of drug-likeness (QED) is 0.828. The number of hydrogen-bond donors (Lipinski definition) is 0. The minimum Gasteiger partial charge on any atom is -0.344 e. The van der Waals surface area contributed by atoms with E-state index < -0.39 is 5.79 Å². The Kier molecular flexibility index (Phi) is 3.85. The fraction of sp³-hybridized carbons (Fsp3) is 0.647. The molecule has 1 saturated heterocycles. The second-order valence-electron chi connectivity index (χ2n) is 6.17. The van der Waals surface area contributed by atoms with Gasteiger partial charge in [-0.2, -0.15) is 0 Å². The second-order valence-corrected chi connectivity index (χ2v) is 6.17. The van der Waals surface area contributed by atoms with Gasteiger partial charge in [-0.15, -0.1) is 0 Å². The molecule has 1 aromatic carbocycles. The predicted octanol–water partition coefficient (Wildman–Crippen LogP) is 4.19. The van der Waals surface area contributed by atoms with Gasteiger partial charge in [0.1, 0.15) is 6.61 Å². The minimum atomic E-state index is -0.632. The van der Waals surface area contributed by atoms with E-state index in [9.17, 15) is 0 Å². The molecular weight excluding hydrogens is 252 g/mol. The van der Waals surface area contributed by atoms with Crippen LogP contribution in [0.3, 0.4) is 0 Å². The summed E-state index contributed by atoms with van der Waals surface area (Å²) in [6.45, 7) is 4.58. The van der Waals surface area contributed by atoms with E-state index in [1.807, 2.05) is 25.1 Å². The van der Waals surface area contributed by atoms with E-state index in [1.54, 1.807) is 0 Å². The molecule has 2 fully saturated rings. The van der Waals surface area contributed by atoms with Crippen LogP contribution >= 0.6 is 0 Å². The predicted molar refractivity (Wildman–Crippen MR) is 77.2 cm³/mol. The van der Waals surface area contributed by atoms with Gasteiger partial charge in [0.25, 0.3) is 0 Å². The Balaban J connectivity index is 1.65. The molecule has 110 valence electrons. The number of benzene rings is 1. The van der Waals surface area contributed by atoms with E-state index in [0.717, 1.165) is 12.8 Å². The summed E-state index contributed by atoms with van der Waals surface area (Å²) >= 11 is 0. The maximum atomic E-state index is 6.23. The molecule has 0 N–H and O–H groups in total. The zero-order valence-corrected chi connectivity index (χ0v) is 12.4. The van der Waals surface area contributed by atoms with Crippen LogP contribution in [0.25, 0.3) is 0 Å². The first-order valence-corrected chi connectivity index (χ1v) is 7.68. The van der Waals surface area contributed by atoms with Crippen molar-refractivity contribution in [3.8, 4) is 0 Å². The van der Waals surface area contributed by atoms with Crippen LogP contribution in [0, 0.1) is 0 Å². The van der Waals surface area contributed by atoms with E-state index in [-0.39, 0.29) is 11.9 Å². The van der Waals surface area contributed by atoms with E-state index in [1.165, 1.54) is 24.8 Å². The monoisotopic (exact) mass is 276 g/mol. The Morgan fingerprint density at radius 1 is 1.10 bits per heavy atom. The highest BCUT2D eigenvalue weighted by Crippen LogP contribution is 2.43. The molecule has 3 nitrogen and oxygen atoms in total. The van der Waals surface area contributed by atoms with Crippen molar-refractivity contribution in [1.82, 2.24) is 0 Å². The van der Waals surface area contributed by atoms with Gasteiger partial charge in [0.2, 0.25) is 0 Å². The third kappa shape index (κ3) is 2.90. The maximum Gasteiger partial charge on any atom is 0.192 e. The van der Waals surface area contributed by atoms with Crippen molar-refractivity contribution in [2.75, 3.05) is 6.61 Å². The van der Waals surface area contributed by atoms with Gasteiger partial charge in [0, 0.05) is 12.8 Å². The molecule has 0 amide bonds. The van der Waals surface area contributed by atoms with E-state index >= 15 is 0 Å². The van der Waals surface area contributed by atoms with Crippen LogP contribution in [0.15, 0.2) is 30.3 Å². The van der Waals surface area contributed by atoms with E-state index in [2.05, 4.69) is 19.1 Å². The minimum absolute atomic E-state index is 0.00328. The zero-order valence-electron chi connectivity index (χ0n) is 12.4. The van der Waals surface area contributed by atoms with Gasteiger partial charge in [-0.05, 0) is 32.3 Å². The molecule has 0 radical (unpaired) electrons. The van der Waals surface area contributed by atoms with Crippen molar-refractivity contribution in [1.29, 1.82) is 0 Å². The standard InChI is InChI=1S/C17H24O3/c1-14(15-9-5-3-6-10-15)19-16(2)13-18-17(20-16)11-7-4-8-12-17/h3,5-6,9-10,14H,4,7-8,11-13H2,1-2H3. The van der Waals surface area contributed by atoms with E-state index in [4.69, 9.17) is 14.2 Å². The lowest BCUT2D eigenvalue weighted by Crippen LogP contribution is -2.38. The summed E-state index contributed by atoms with van der Waals surface area (Å²) in [5.74, 6) is -1.02. The highest BCUT2D eigenvalue weighted by atomic mass is 16.8. The van der Waals surface area contributed by atoms with Crippen LogP contribution in [-0.4, -0.2) is 18.2 Å². The molecule has 0 aromatic heterocycles. The Hall–Kier alpha value is -0.900. The lowest BCUT2D eigenvalue weighted by atomic mass is 9.94. The van der Waals surface area contributed by atoms with E-state index in [0.29, 0.717) is 6.61 Å². The van der Waals surface area contributed by atoms with Gasteiger partial charge in [-0.1, -0.05) is 36.8 Å². The average Bonchev–Trinajstić information content (AvgIpc) is 2.77. The molecule has 1 aromatic rings. The highest BCUT2D eigenvalue weighted by molar-refractivity contribution is 5.17. The van der Waals surface area contributed by atoms with Gasteiger partial charge in [0.15, 0.2) is 11.6 Å². The summed E-state index contributed by atoms with van der Waals surface area (Å²) in [5, 5.41) is 0. The molecule has 1 aliphatic carbocycles. The lowest BCUT2D eigenvalue weighted by molar-refractivity contribution is -0.278. The summed E-state index contributed by atoms with van der Waals surface area (Å²) in [6.07, 6.45) is 5.64. The van der Waals surface area contributed by atoms with Crippen LogP contribution in [0.5, 0.6) is 0 Å². The first-order chi connectivity index (χ1) is 9.61. The largest absolute Gasteiger partial charge is 0.344 e. The van der Waals surface area contributed by atoms with Crippen LogP contribution in [0.2, 0.25) is 0 Å². The molecule has 1 spiro atoms. The van der Waals surface area contributed by atoms with Crippen LogP contribution in [0.1, 0.15) is 57.6 Å². The lowest BCUT2D eigenvalue weighted by Gasteiger charge is -2.34. The van der Waals surface area contributed by atoms with Gasteiger partial charge >= 0.3 is 0 Å². The van der Waals surface area contributed by atoms with Gasteiger partial charge in [0.05, 0.1) is 6.10 Å². The summed E-state index contributed by atoms with van der Waals surface area (Å²) < 4.78 is 18.4. The van der Waals surface area contributed by atoms with Crippen molar-refractivity contribution < 1.29 is 14.2 Å². The van der Waals surface area contributed by atoms with Gasteiger partial charge in [-0.25, -0.2) is 0 Å². The Morgan fingerprint density at radius 2 is 1.80 bits per heavy atom. The van der Waals surface area contributed by atoms with Crippen molar-refractivity contribution in [3.63, 3.8) is 0 Å². The fourth-order valence-electron chi connectivity index (χ4n) is 3.28. The molecule has 2 unspecified atom stereocenters. The number of ether oxygens (including phenoxy) is 3. The Labute approximate surface area is 121 Å². The van der Waals surface area contributed by atoms with Crippen molar-refractivity contribution >= 4 is 0 Å². The molecule has 0 bridgehead atoms. The fourth-order valence-corrected chi connectivity index (χ4v) is 3.28. The van der Waals surface area contributed by atoms with Gasteiger partial charge < -0.3 is 14.2 Å². The third-order valence-electron chi connectivity index (χ3n) is 4.31. The molecule has 2 atom stereocenters. The van der Waals surface area contributed by atoms with Crippen molar-refractivity contribution in [3.05, 3.63) is 35.9 Å². The van der Waals surface area contributed by atoms with Crippen LogP contribution in [0.4, 0.5) is 0 Å². The summed E-state index contributed by atoms with van der Waals surface area (Å²) in [5.41, 5.74) is 1.17. The highest BCUT2D eigenvalue weighted by Gasteiger charge is 2.49. The number of rotatable bonds is 3. The molecular formula is C17H24O3. The molecule has 3 rings (SSSR count). The first kappa shape index (κ1) is 14.1. The van der Waals surface area contributed by atoms with Crippen molar-refractivity contribution in [2.24, 2.45) is 0 Å². The van der Waals surface area contributed by atoms with Crippen LogP contribution in [-0.2, 0) is 14.2 Å². The smallest absolute Gasteiger partial charge is 0.192 e. The molecule has 2 aliphatic rings.